The van der Waals surface area contributed by atoms with Crippen molar-refractivity contribution in [2.24, 2.45) is 0 Å². The topological polar surface area (TPSA) is 60.4 Å². The minimum atomic E-state index is -3.30. The highest BCUT2D eigenvalue weighted by atomic mass is 32.9. The second-order valence-electron chi connectivity index (χ2n) is 8.86. The van der Waals surface area contributed by atoms with Gasteiger partial charge < -0.3 is 4.74 Å². The van der Waals surface area contributed by atoms with Crippen molar-refractivity contribution in [2.45, 2.75) is 18.2 Å². The molecule has 1 aliphatic carbocycles. The van der Waals surface area contributed by atoms with Gasteiger partial charge in [-0.2, -0.15) is 0 Å². The number of carbonyl (C=O) groups is 1. The lowest BCUT2D eigenvalue weighted by molar-refractivity contribution is -0.133. The molecule has 0 unspecified atom stereocenters. The van der Waals surface area contributed by atoms with Gasteiger partial charge in [0.25, 0.3) is 0 Å². The van der Waals surface area contributed by atoms with E-state index in [0.29, 0.717) is 16.9 Å². The maximum absolute atomic E-state index is 14.2. The van der Waals surface area contributed by atoms with Crippen LogP contribution in [0.1, 0.15) is 30.0 Å². The van der Waals surface area contributed by atoms with Crippen LogP contribution in [-0.4, -0.2) is 20.6 Å². The number of fused-ring (bicyclic) bond motifs is 1. The predicted octanol–water partition coefficient (Wildman–Crippen LogP) is 8.07. The Morgan fingerprint density at radius 3 is 2.32 bits per heavy atom. The van der Waals surface area contributed by atoms with Crippen LogP contribution < -0.4 is 4.74 Å². The molecule has 0 amide bonds. The summed E-state index contributed by atoms with van der Waals surface area (Å²) in [5, 5.41) is 0. The molecule has 9 heteroatoms. The number of rotatable bonds is 6. The van der Waals surface area contributed by atoms with Gasteiger partial charge in [-0.3, -0.25) is 4.79 Å². The van der Waals surface area contributed by atoms with Gasteiger partial charge in [0, 0.05) is 11.1 Å². The molecule has 0 N–H and O–H groups in total. The maximum atomic E-state index is 14.2. The molecule has 1 aliphatic rings. The average molecular weight is 581 g/mol. The summed E-state index contributed by atoms with van der Waals surface area (Å²) in [5.74, 6) is -0.421. The van der Waals surface area contributed by atoms with E-state index in [-0.39, 0.29) is 11.3 Å². The predicted molar refractivity (Wildman–Crippen MR) is 155 cm³/mol. The summed E-state index contributed by atoms with van der Waals surface area (Å²) in [6.07, 6.45) is 3.05. The first-order valence-electron chi connectivity index (χ1n) is 11.5. The molecule has 38 heavy (non-hydrogen) atoms. The number of hydrogen-bond acceptors (Lipinski definition) is 7. The fourth-order valence-electron chi connectivity index (χ4n) is 4.33. The number of benzene rings is 3. The van der Waals surface area contributed by atoms with E-state index in [9.17, 15) is 17.6 Å². The van der Waals surface area contributed by atoms with Crippen LogP contribution in [0.4, 0.5) is 4.39 Å². The van der Waals surface area contributed by atoms with Crippen molar-refractivity contribution in [2.75, 3.05) is 6.26 Å². The van der Waals surface area contributed by atoms with E-state index < -0.39 is 21.6 Å². The summed E-state index contributed by atoms with van der Waals surface area (Å²) in [7, 11) is -0.159. The summed E-state index contributed by atoms with van der Waals surface area (Å²) in [6.45, 7) is 1.89. The van der Waals surface area contributed by atoms with Gasteiger partial charge in [-0.25, -0.2) is 12.8 Å². The highest BCUT2D eigenvalue weighted by Crippen LogP contribution is 2.44. The van der Waals surface area contributed by atoms with E-state index in [1.165, 1.54) is 22.5 Å². The lowest BCUT2D eigenvalue weighted by atomic mass is 10.0. The molecular weight excluding hydrogens is 560 g/mol. The standard InChI is InChI=1S/C29H21FO4S4/c1-17-24(13-18-3-10-22(11-4-18)38(2,32)33)23-12-7-20(30)14-26(23)25(17)15-28(31)34-21-8-5-19(6-9-21)27-16-29(35)37-36-27/h3-14,16H,15H2,1-2H3/b24-13-. The zero-order valence-electron chi connectivity index (χ0n) is 20.4. The maximum Gasteiger partial charge on any atom is 0.315 e. The molecular formula is C29H21FO4S4. The van der Waals surface area contributed by atoms with Gasteiger partial charge in [0.2, 0.25) is 0 Å². The van der Waals surface area contributed by atoms with Crippen molar-refractivity contribution in [3.63, 3.8) is 0 Å². The van der Waals surface area contributed by atoms with Gasteiger partial charge >= 0.3 is 5.97 Å². The van der Waals surface area contributed by atoms with Crippen molar-refractivity contribution < 1.29 is 22.3 Å². The molecule has 4 nitrogen and oxygen atoms in total. The first kappa shape index (κ1) is 26.4. The van der Waals surface area contributed by atoms with Crippen LogP contribution in [-0.2, 0) is 14.6 Å². The quantitative estimate of drug-likeness (QED) is 0.0999. The van der Waals surface area contributed by atoms with E-state index >= 15 is 0 Å². The Balaban J connectivity index is 1.40. The molecule has 0 radical (unpaired) electrons. The molecule has 1 heterocycles. The zero-order chi connectivity index (χ0) is 27.0. The lowest BCUT2D eigenvalue weighted by Gasteiger charge is -2.08. The van der Waals surface area contributed by atoms with Crippen LogP contribution >= 0.6 is 32.9 Å². The van der Waals surface area contributed by atoms with Crippen molar-refractivity contribution in [3.8, 4) is 16.2 Å². The van der Waals surface area contributed by atoms with Crippen molar-refractivity contribution in [1.29, 1.82) is 0 Å². The molecule has 0 saturated carbocycles. The third kappa shape index (κ3) is 5.61. The summed E-state index contributed by atoms with van der Waals surface area (Å²) >= 11 is 5.20. The van der Waals surface area contributed by atoms with Gasteiger partial charge in [-0.1, -0.05) is 51.1 Å². The molecule has 0 aliphatic heterocycles. The summed E-state index contributed by atoms with van der Waals surface area (Å²) in [4.78, 5) is 14.2. The average Bonchev–Trinajstić information content (AvgIpc) is 3.41. The molecule has 0 atom stereocenters. The highest BCUT2D eigenvalue weighted by Gasteiger charge is 2.26. The molecule has 192 valence electrons. The zero-order valence-corrected chi connectivity index (χ0v) is 23.6. The minimum absolute atomic E-state index is 0.0275. The van der Waals surface area contributed by atoms with E-state index in [1.54, 1.807) is 52.8 Å². The van der Waals surface area contributed by atoms with Gasteiger partial charge in [0.15, 0.2) is 9.84 Å². The Labute approximate surface area is 232 Å². The molecule has 0 bridgehead atoms. The Bertz CT molecular complexity index is 1780. The third-order valence-electron chi connectivity index (χ3n) is 6.23. The van der Waals surface area contributed by atoms with E-state index in [1.807, 2.05) is 31.2 Å². The minimum Gasteiger partial charge on any atom is -0.426 e. The molecule has 0 spiro atoms. The smallest absolute Gasteiger partial charge is 0.315 e. The Kier molecular flexibility index (Phi) is 7.28. The summed E-state index contributed by atoms with van der Waals surface area (Å²) in [5.41, 5.74) is 5.62. The van der Waals surface area contributed by atoms with E-state index in [0.717, 1.165) is 42.8 Å². The van der Waals surface area contributed by atoms with Crippen LogP contribution in [0, 0.1) is 9.64 Å². The van der Waals surface area contributed by atoms with Crippen molar-refractivity contribution in [3.05, 3.63) is 105 Å². The highest BCUT2D eigenvalue weighted by molar-refractivity contribution is 7.90. The van der Waals surface area contributed by atoms with Crippen LogP contribution in [0.3, 0.4) is 0 Å². The first-order chi connectivity index (χ1) is 18.1. The Morgan fingerprint density at radius 1 is 0.974 bits per heavy atom. The Hall–Kier alpha value is -3.24. The molecule has 5 rings (SSSR count). The van der Waals surface area contributed by atoms with E-state index in [2.05, 4.69) is 0 Å². The molecule has 3 aromatic carbocycles. The fourth-order valence-corrected chi connectivity index (χ4v) is 7.36. The normalized spacial score (nSPS) is 14.1. The molecule has 4 aromatic rings. The van der Waals surface area contributed by atoms with Crippen LogP contribution in [0.25, 0.3) is 27.7 Å². The lowest BCUT2D eigenvalue weighted by Crippen LogP contribution is -2.08. The number of sulfone groups is 1. The second-order valence-corrected chi connectivity index (χ2v) is 13.8. The van der Waals surface area contributed by atoms with Crippen LogP contribution in [0.2, 0.25) is 0 Å². The number of carbonyl (C=O) groups excluding carboxylic acids is 1. The monoisotopic (exact) mass is 580 g/mol. The van der Waals surface area contributed by atoms with Crippen molar-refractivity contribution in [1.82, 2.24) is 0 Å². The number of esters is 1. The second kappa shape index (κ2) is 10.5. The number of halogens is 1. The number of ether oxygens (including phenoxy) is 1. The molecule has 0 saturated heterocycles. The summed E-state index contributed by atoms with van der Waals surface area (Å²) in [6, 6.07) is 20.3. The number of hydrogen-bond donors (Lipinski definition) is 0. The molecule has 0 fully saturated rings. The molecule has 1 aromatic heterocycles. The van der Waals surface area contributed by atoms with Crippen LogP contribution in [0.5, 0.6) is 5.75 Å². The SMILES string of the molecule is CC1=C(CC(=O)Oc2ccc(-c3cc(=S)ss3)cc2)c2cc(F)ccc2/C1=C\c1ccc(S(C)(=O)=O)cc1. The third-order valence-corrected chi connectivity index (χ3v) is 10.3. The van der Waals surface area contributed by atoms with Gasteiger partial charge in [0.1, 0.15) is 15.4 Å². The fraction of sp³-hybridized carbons (Fsp3) is 0.103. The van der Waals surface area contributed by atoms with Gasteiger partial charge in [-0.05, 0) is 107 Å². The number of allylic oxidation sites excluding steroid dienone is 2. The van der Waals surface area contributed by atoms with Crippen LogP contribution in [0.15, 0.2) is 83.3 Å². The summed E-state index contributed by atoms with van der Waals surface area (Å²) < 4.78 is 44.2. The van der Waals surface area contributed by atoms with E-state index in [4.69, 9.17) is 17.0 Å². The van der Waals surface area contributed by atoms with Crippen molar-refractivity contribution >= 4 is 65.9 Å². The Morgan fingerprint density at radius 2 is 1.68 bits per heavy atom. The first-order valence-corrected chi connectivity index (χ1v) is 16.0. The largest absolute Gasteiger partial charge is 0.426 e. The van der Waals surface area contributed by atoms with Gasteiger partial charge in [0.05, 0.1) is 11.3 Å². The van der Waals surface area contributed by atoms with Gasteiger partial charge in [-0.15, -0.1) is 0 Å².